The van der Waals surface area contributed by atoms with Gasteiger partial charge in [0.05, 0.1) is 18.1 Å². The molecule has 0 aliphatic heterocycles. The van der Waals surface area contributed by atoms with E-state index in [0.29, 0.717) is 24.0 Å². The highest BCUT2D eigenvalue weighted by atomic mass is 19.3. The van der Waals surface area contributed by atoms with Crippen LogP contribution in [0.15, 0.2) is 12.1 Å². The Morgan fingerprint density at radius 1 is 1.44 bits per heavy atom. The predicted octanol–water partition coefficient (Wildman–Crippen LogP) is 3.06. The Balaban J connectivity index is 2.66. The highest BCUT2D eigenvalue weighted by molar-refractivity contribution is 5.87. The molecule has 0 amide bonds. The van der Waals surface area contributed by atoms with Crippen LogP contribution in [0.5, 0.6) is 5.75 Å². The summed E-state index contributed by atoms with van der Waals surface area (Å²) in [5.41, 5.74) is -0.211. The molecular formula is C13H14F2O3. The number of ether oxygens (including phenoxy) is 1. The molecule has 1 aromatic rings. The average molecular weight is 256 g/mol. The molecule has 0 saturated heterocycles. The molecule has 0 atom stereocenters. The van der Waals surface area contributed by atoms with Crippen molar-refractivity contribution in [2.24, 2.45) is 0 Å². The zero-order valence-electron chi connectivity index (χ0n) is 10.2. The summed E-state index contributed by atoms with van der Waals surface area (Å²) in [4.78, 5) is 11.3. The summed E-state index contributed by atoms with van der Waals surface area (Å²) in [6.45, 7) is 1.72. The second kappa shape index (κ2) is 4.23. The van der Waals surface area contributed by atoms with Gasteiger partial charge in [-0.15, -0.1) is 0 Å². The van der Waals surface area contributed by atoms with E-state index in [-0.39, 0.29) is 11.3 Å². The molecule has 1 aliphatic rings. The van der Waals surface area contributed by atoms with Gasteiger partial charge < -0.3 is 9.84 Å². The number of aryl methyl sites for hydroxylation is 1. The van der Waals surface area contributed by atoms with Crippen LogP contribution in [0.2, 0.25) is 0 Å². The van der Waals surface area contributed by atoms with Gasteiger partial charge in [-0.25, -0.2) is 8.78 Å². The van der Waals surface area contributed by atoms with E-state index < -0.39 is 17.8 Å². The average Bonchev–Trinajstić information content (AvgIpc) is 3.09. The highest BCUT2D eigenvalue weighted by Gasteiger charge is 2.54. The Labute approximate surface area is 103 Å². The van der Waals surface area contributed by atoms with Gasteiger partial charge in [0.1, 0.15) is 5.75 Å². The number of methoxy groups -OCH3 is 1. The highest BCUT2D eigenvalue weighted by Crippen LogP contribution is 2.54. The van der Waals surface area contributed by atoms with Gasteiger partial charge in [0.25, 0.3) is 6.43 Å². The summed E-state index contributed by atoms with van der Waals surface area (Å²) in [6, 6.07) is 2.82. The summed E-state index contributed by atoms with van der Waals surface area (Å²) in [5.74, 6) is -0.958. The third-order valence-corrected chi connectivity index (χ3v) is 3.47. The number of carbonyl (C=O) groups is 1. The van der Waals surface area contributed by atoms with Crippen LogP contribution in [0, 0.1) is 6.92 Å². The quantitative estimate of drug-likeness (QED) is 0.900. The van der Waals surface area contributed by atoms with E-state index in [0.717, 1.165) is 0 Å². The second-order valence-electron chi connectivity index (χ2n) is 4.57. The van der Waals surface area contributed by atoms with Gasteiger partial charge in [-0.3, -0.25) is 4.79 Å². The van der Waals surface area contributed by atoms with E-state index in [2.05, 4.69) is 0 Å². The van der Waals surface area contributed by atoms with Gasteiger partial charge in [0, 0.05) is 5.56 Å². The van der Waals surface area contributed by atoms with E-state index in [4.69, 9.17) is 4.74 Å². The van der Waals surface area contributed by atoms with Crippen LogP contribution in [-0.2, 0) is 10.2 Å². The molecule has 0 aromatic heterocycles. The molecule has 0 radical (unpaired) electrons. The lowest BCUT2D eigenvalue weighted by atomic mass is 9.89. The van der Waals surface area contributed by atoms with E-state index >= 15 is 0 Å². The minimum atomic E-state index is -2.68. The van der Waals surface area contributed by atoms with Crippen molar-refractivity contribution in [3.8, 4) is 5.75 Å². The third-order valence-electron chi connectivity index (χ3n) is 3.47. The Morgan fingerprint density at radius 2 is 2.06 bits per heavy atom. The first kappa shape index (κ1) is 12.8. The smallest absolute Gasteiger partial charge is 0.314 e. The van der Waals surface area contributed by atoms with Crippen LogP contribution in [0.3, 0.4) is 0 Å². The number of rotatable bonds is 4. The number of hydrogen-bond acceptors (Lipinski definition) is 2. The largest absolute Gasteiger partial charge is 0.496 e. The fraction of sp³-hybridized carbons (Fsp3) is 0.462. The number of benzene rings is 1. The molecule has 18 heavy (non-hydrogen) atoms. The van der Waals surface area contributed by atoms with Gasteiger partial charge in [-0.1, -0.05) is 6.07 Å². The van der Waals surface area contributed by atoms with Crippen molar-refractivity contribution >= 4 is 5.97 Å². The summed E-state index contributed by atoms with van der Waals surface area (Å²) in [7, 11) is 1.29. The monoisotopic (exact) mass is 256 g/mol. The maximum Gasteiger partial charge on any atom is 0.314 e. The van der Waals surface area contributed by atoms with Crippen LogP contribution >= 0.6 is 0 Å². The summed E-state index contributed by atoms with van der Waals surface area (Å²) in [6.07, 6.45) is -1.75. The number of alkyl halides is 2. The van der Waals surface area contributed by atoms with Gasteiger partial charge in [-0.05, 0) is 31.4 Å². The lowest BCUT2D eigenvalue weighted by Crippen LogP contribution is -2.22. The Kier molecular flexibility index (Phi) is 3.00. The zero-order chi connectivity index (χ0) is 13.5. The van der Waals surface area contributed by atoms with Crippen LogP contribution in [-0.4, -0.2) is 18.2 Å². The van der Waals surface area contributed by atoms with Crippen molar-refractivity contribution in [2.75, 3.05) is 7.11 Å². The molecule has 0 unspecified atom stereocenters. The van der Waals surface area contributed by atoms with E-state index in [1.165, 1.54) is 19.2 Å². The number of halogens is 2. The molecule has 3 nitrogen and oxygen atoms in total. The Bertz CT molecular complexity index is 493. The number of carboxylic acids is 1. The molecule has 1 fully saturated rings. The maximum absolute atomic E-state index is 12.9. The molecule has 0 spiro atoms. The summed E-state index contributed by atoms with van der Waals surface area (Å²) in [5, 5.41) is 9.29. The maximum atomic E-state index is 12.9. The van der Waals surface area contributed by atoms with Crippen molar-refractivity contribution in [1.29, 1.82) is 0 Å². The lowest BCUT2D eigenvalue weighted by Gasteiger charge is -2.20. The molecular weight excluding hydrogens is 242 g/mol. The minimum absolute atomic E-state index is 0.0184. The molecule has 0 heterocycles. The van der Waals surface area contributed by atoms with Crippen LogP contribution in [0.4, 0.5) is 8.78 Å². The van der Waals surface area contributed by atoms with E-state index in [1.54, 1.807) is 6.92 Å². The topological polar surface area (TPSA) is 46.5 Å². The molecule has 98 valence electrons. The molecule has 5 heteroatoms. The van der Waals surface area contributed by atoms with Crippen molar-refractivity contribution in [3.63, 3.8) is 0 Å². The zero-order valence-corrected chi connectivity index (χ0v) is 10.2. The normalized spacial score (nSPS) is 16.7. The van der Waals surface area contributed by atoms with Crippen molar-refractivity contribution in [3.05, 3.63) is 28.8 Å². The van der Waals surface area contributed by atoms with Crippen molar-refractivity contribution in [2.45, 2.75) is 31.6 Å². The van der Waals surface area contributed by atoms with Gasteiger partial charge >= 0.3 is 5.97 Å². The number of aliphatic carboxylic acids is 1. The predicted molar refractivity (Wildman–Crippen MR) is 61.2 cm³/mol. The molecule has 1 aliphatic carbocycles. The minimum Gasteiger partial charge on any atom is -0.496 e. The molecule has 1 N–H and O–H groups in total. The molecule has 1 saturated carbocycles. The van der Waals surface area contributed by atoms with E-state index in [9.17, 15) is 18.7 Å². The number of hydrogen-bond donors (Lipinski definition) is 1. The van der Waals surface area contributed by atoms with Crippen molar-refractivity contribution in [1.82, 2.24) is 0 Å². The van der Waals surface area contributed by atoms with Crippen molar-refractivity contribution < 1.29 is 23.4 Å². The Morgan fingerprint density at radius 3 is 2.44 bits per heavy atom. The molecule has 1 aromatic carbocycles. The molecule has 0 bridgehead atoms. The number of carboxylic acid groups (broad SMARTS) is 1. The first-order valence-corrected chi connectivity index (χ1v) is 5.63. The third kappa shape index (κ3) is 1.74. The van der Waals surface area contributed by atoms with Crippen LogP contribution < -0.4 is 4.74 Å². The van der Waals surface area contributed by atoms with Crippen LogP contribution in [0.1, 0.15) is 36.0 Å². The first-order chi connectivity index (χ1) is 8.44. The lowest BCUT2D eigenvalue weighted by molar-refractivity contribution is -0.140. The standard InChI is InChI=1S/C13H14F2O3/c1-7-3-4-8(11(14)15)10(18-2)9(7)13(5-6-13)12(16)17/h3-4,11H,5-6H2,1-2H3,(H,16,17). The van der Waals surface area contributed by atoms with Crippen LogP contribution in [0.25, 0.3) is 0 Å². The molecule has 2 rings (SSSR count). The summed E-state index contributed by atoms with van der Waals surface area (Å²) >= 11 is 0. The van der Waals surface area contributed by atoms with Gasteiger partial charge in [0.15, 0.2) is 0 Å². The van der Waals surface area contributed by atoms with E-state index in [1.807, 2.05) is 0 Å². The summed E-state index contributed by atoms with van der Waals surface area (Å²) < 4.78 is 30.9. The first-order valence-electron chi connectivity index (χ1n) is 5.63. The fourth-order valence-electron chi connectivity index (χ4n) is 2.38. The second-order valence-corrected chi connectivity index (χ2v) is 4.57. The SMILES string of the molecule is COc1c(C(F)F)ccc(C)c1C1(C(=O)O)CC1. The fourth-order valence-corrected chi connectivity index (χ4v) is 2.38. The van der Waals surface area contributed by atoms with Gasteiger partial charge in [-0.2, -0.15) is 0 Å². The van der Waals surface area contributed by atoms with Gasteiger partial charge in [0.2, 0.25) is 0 Å². The Hall–Kier alpha value is -1.65.